The van der Waals surface area contributed by atoms with Crippen molar-refractivity contribution in [2.45, 2.75) is 70.2 Å². The number of benzene rings is 4. The van der Waals surface area contributed by atoms with Gasteiger partial charge in [0.15, 0.2) is 0 Å². The maximum Gasteiger partial charge on any atom is 0.417 e. The van der Waals surface area contributed by atoms with Gasteiger partial charge in [-0.25, -0.2) is 8.42 Å². The number of halogens is 4. The lowest BCUT2D eigenvalue weighted by atomic mass is 10.0. The van der Waals surface area contributed by atoms with Crippen molar-refractivity contribution in [3.8, 4) is 0 Å². The molecule has 4 aromatic rings. The first-order valence-corrected chi connectivity index (χ1v) is 17.3. The summed E-state index contributed by atoms with van der Waals surface area (Å²) < 4.78 is 71.0. The van der Waals surface area contributed by atoms with E-state index >= 15 is 0 Å². The molecule has 0 aliphatic carbocycles. The number of sulfonamides is 1. The molecule has 0 aliphatic heterocycles. The molecule has 260 valence electrons. The van der Waals surface area contributed by atoms with Gasteiger partial charge in [0.05, 0.1) is 21.2 Å². The van der Waals surface area contributed by atoms with Gasteiger partial charge in [-0.1, -0.05) is 89.5 Å². The number of anilines is 1. The quantitative estimate of drug-likeness (QED) is 0.173. The molecule has 0 radical (unpaired) electrons. The third-order valence-electron chi connectivity index (χ3n) is 7.64. The van der Waals surface area contributed by atoms with E-state index in [0.29, 0.717) is 15.9 Å². The molecule has 0 aromatic heterocycles. The monoisotopic (exact) mass is 713 g/mol. The van der Waals surface area contributed by atoms with Gasteiger partial charge in [0.2, 0.25) is 11.8 Å². The Balaban J connectivity index is 1.88. The van der Waals surface area contributed by atoms with Crippen LogP contribution >= 0.6 is 11.6 Å². The van der Waals surface area contributed by atoms with E-state index in [2.05, 4.69) is 5.32 Å². The predicted molar refractivity (Wildman–Crippen MR) is 186 cm³/mol. The minimum absolute atomic E-state index is 0.0809. The zero-order valence-electron chi connectivity index (χ0n) is 27.9. The van der Waals surface area contributed by atoms with Crippen molar-refractivity contribution < 1.29 is 31.2 Å². The number of carbonyl (C=O) groups is 2. The third-order valence-corrected chi connectivity index (χ3v) is 9.75. The summed E-state index contributed by atoms with van der Waals surface area (Å²) in [6, 6.07) is 23.6. The molecular weight excluding hydrogens is 675 g/mol. The van der Waals surface area contributed by atoms with Gasteiger partial charge in [-0.2, -0.15) is 13.2 Å². The van der Waals surface area contributed by atoms with Crippen molar-refractivity contribution in [2.24, 2.45) is 0 Å². The molecule has 1 N–H and O–H groups in total. The molecule has 2 amide bonds. The summed E-state index contributed by atoms with van der Waals surface area (Å²) in [4.78, 5) is 29.6. The van der Waals surface area contributed by atoms with Crippen molar-refractivity contribution in [3.63, 3.8) is 0 Å². The van der Waals surface area contributed by atoms with Gasteiger partial charge in [0, 0.05) is 18.5 Å². The Hall–Kier alpha value is -4.35. The average molecular weight is 714 g/mol. The zero-order valence-corrected chi connectivity index (χ0v) is 29.5. The molecule has 7 nitrogen and oxygen atoms in total. The molecular formula is C37H39ClF3N3O4S. The van der Waals surface area contributed by atoms with Crippen LogP contribution < -0.4 is 9.62 Å². The fraction of sp³-hybridized carbons (Fsp3) is 0.297. The molecule has 4 aromatic carbocycles. The summed E-state index contributed by atoms with van der Waals surface area (Å²) in [6.45, 7) is 8.03. The second-order valence-corrected chi connectivity index (χ2v) is 15.2. The van der Waals surface area contributed by atoms with Crippen molar-refractivity contribution >= 4 is 39.1 Å². The van der Waals surface area contributed by atoms with Crippen molar-refractivity contribution in [3.05, 3.63) is 130 Å². The van der Waals surface area contributed by atoms with Crippen LogP contribution in [0.1, 0.15) is 48.6 Å². The second-order valence-electron chi connectivity index (χ2n) is 12.9. The smallest absolute Gasteiger partial charge is 0.350 e. The number of aryl methyl sites for hydroxylation is 2. The zero-order chi connectivity index (χ0) is 36.1. The van der Waals surface area contributed by atoms with E-state index in [9.17, 15) is 31.2 Å². The van der Waals surface area contributed by atoms with Crippen molar-refractivity contribution in [1.29, 1.82) is 0 Å². The van der Waals surface area contributed by atoms with Gasteiger partial charge in [-0.15, -0.1) is 0 Å². The normalized spacial score (nSPS) is 12.7. The molecule has 0 spiro atoms. The summed E-state index contributed by atoms with van der Waals surface area (Å²) in [7, 11) is -4.61. The highest BCUT2D eigenvalue weighted by Gasteiger charge is 2.38. The average Bonchev–Trinajstić information content (AvgIpc) is 3.01. The third kappa shape index (κ3) is 9.86. The first kappa shape index (κ1) is 37.5. The molecule has 1 atom stereocenters. The molecule has 0 saturated heterocycles. The van der Waals surface area contributed by atoms with E-state index in [1.165, 1.54) is 17.0 Å². The number of hydrogen-bond donors (Lipinski definition) is 1. The highest BCUT2D eigenvalue weighted by molar-refractivity contribution is 7.92. The minimum Gasteiger partial charge on any atom is -0.350 e. The van der Waals surface area contributed by atoms with Crippen LogP contribution in [0, 0.1) is 13.8 Å². The topological polar surface area (TPSA) is 86.8 Å². The van der Waals surface area contributed by atoms with E-state index in [0.717, 1.165) is 28.8 Å². The standard InChI is InChI=1S/C37H39ClF3N3O4S/c1-25-14-17-30(18-15-25)49(47,48)44(29-16-19-32(38)31(22-29)37(39,40)41)24-34(45)43(23-28-13-9-10-26(2)20-28)33(35(46)42-36(3,4)5)21-27-11-7-6-8-12-27/h6-20,22,33H,21,23-24H2,1-5H3,(H,42,46)/t33-/m1/s1. The van der Waals surface area contributed by atoms with Gasteiger partial charge in [0.1, 0.15) is 12.6 Å². The number of rotatable bonds is 11. The first-order valence-electron chi connectivity index (χ1n) is 15.5. The Bertz CT molecular complexity index is 1890. The predicted octanol–water partition coefficient (Wildman–Crippen LogP) is 7.73. The van der Waals surface area contributed by atoms with E-state index in [-0.39, 0.29) is 17.9 Å². The van der Waals surface area contributed by atoms with E-state index in [4.69, 9.17) is 11.6 Å². The van der Waals surface area contributed by atoms with Crippen LogP contribution in [-0.2, 0) is 38.8 Å². The Morgan fingerprint density at radius 1 is 0.816 bits per heavy atom. The molecule has 0 fully saturated rings. The second kappa shape index (κ2) is 15.0. The molecule has 12 heteroatoms. The number of nitrogens with zero attached hydrogens (tertiary/aromatic N) is 2. The Labute approximate surface area is 290 Å². The molecule has 0 aliphatic rings. The van der Waals surface area contributed by atoms with Gasteiger partial charge >= 0.3 is 6.18 Å². The van der Waals surface area contributed by atoms with Crippen LogP contribution in [0.25, 0.3) is 0 Å². The van der Waals surface area contributed by atoms with Crippen LogP contribution in [0.3, 0.4) is 0 Å². The molecule has 4 rings (SSSR count). The number of amides is 2. The number of alkyl halides is 3. The Morgan fingerprint density at radius 3 is 2.04 bits per heavy atom. The van der Waals surface area contributed by atoms with Crippen molar-refractivity contribution in [2.75, 3.05) is 10.8 Å². The molecule has 0 saturated carbocycles. The van der Waals surface area contributed by atoms with E-state index in [1.54, 1.807) is 64.1 Å². The lowest BCUT2D eigenvalue weighted by Crippen LogP contribution is -2.56. The number of hydrogen-bond acceptors (Lipinski definition) is 4. The van der Waals surface area contributed by atoms with Crippen molar-refractivity contribution in [1.82, 2.24) is 10.2 Å². The van der Waals surface area contributed by atoms with E-state index in [1.807, 2.05) is 37.3 Å². The van der Waals surface area contributed by atoms with Crippen LogP contribution in [0.4, 0.5) is 18.9 Å². The van der Waals surface area contributed by atoms with Gasteiger partial charge in [-0.05, 0) is 76.1 Å². The maximum atomic E-state index is 14.6. The van der Waals surface area contributed by atoms with Crippen LogP contribution in [0.5, 0.6) is 0 Å². The number of carbonyl (C=O) groups excluding carboxylic acids is 2. The summed E-state index contributed by atoms with van der Waals surface area (Å²) in [5, 5.41) is 2.32. The maximum absolute atomic E-state index is 14.6. The SMILES string of the molecule is Cc1ccc(S(=O)(=O)N(CC(=O)N(Cc2cccc(C)c2)[C@H](Cc2ccccc2)C(=O)NC(C)(C)C)c2ccc(Cl)c(C(F)(F)F)c2)cc1. The van der Waals surface area contributed by atoms with Gasteiger partial charge in [-0.3, -0.25) is 13.9 Å². The summed E-state index contributed by atoms with van der Waals surface area (Å²) in [6.07, 6.45) is -4.82. The lowest BCUT2D eigenvalue weighted by molar-refractivity contribution is -0.140. The van der Waals surface area contributed by atoms with Crippen LogP contribution in [0.15, 0.2) is 102 Å². The number of nitrogens with one attached hydrogen (secondary N) is 1. The Morgan fingerprint density at radius 2 is 1.45 bits per heavy atom. The van der Waals surface area contributed by atoms with Crippen LogP contribution in [0.2, 0.25) is 5.02 Å². The summed E-state index contributed by atoms with van der Waals surface area (Å²) in [5.74, 6) is -1.28. The molecule has 0 heterocycles. The van der Waals surface area contributed by atoms with Gasteiger partial charge < -0.3 is 10.2 Å². The summed E-state index contributed by atoms with van der Waals surface area (Å²) >= 11 is 5.89. The molecule has 0 unspecified atom stereocenters. The molecule has 0 bridgehead atoms. The summed E-state index contributed by atoms with van der Waals surface area (Å²) in [5.41, 5.74) is 0.719. The first-order chi connectivity index (χ1) is 22.8. The highest BCUT2D eigenvalue weighted by Crippen LogP contribution is 2.38. The van der Waals surface area contributed by atoms with Crippen LogP contribution in [-0.4, -0.2) is 43.3 Å². The lowest BCUT2D eigenvalue weighted by Gasteiger charge is -2.35. The molecule has 49 heavy (non-hydrogen) atoms. The van der Waals surface area contributed by atoms with Gasteiger partial charge in [0.25, 0.3) is 10.0 Å². The highest BCUT2D eigenvalue weighted by atomic mass is 35.5. The minimum atomic E-state index is -4.90. The largest absolute Gasteiger partial charge is 0.417 e. The van der Waals surface area contributed by atoms with E-state index < -0.39 is 62.4 Å². The fourth-order valence-corrected chi connectivity index (χ4v) is 6.90. The Kier molecular flexibility index (Phi) is 11.5. The fourth-order valence-electron chi connectivity index (χ4n) is 5.27.